The van der Waals surface area contributed by atoms with Crippen molar-refractivity contribution < 1.29 is 14.2 Å². The molecule has 0 N–H and O–H groups in total. The van der Waals surface area contributed by atoms with E-state index in [1.807, 2.05) is 31.3 Å². The molecule has 1 fully saturated rings. The zero-order chi connectivity index (χ0) is 15.7. The fourth-order valence-electron chi connectivity index (χ4n) is 3.32. The normalized spacial score (nSPS) is 24.5. The summed E-state index contributed by atoms with van der Waals surface area (Å²) in [6.45, 7) is 3.34. The number of hydrogen-bond donors (Lipinski definition) is 0. The molecule has 4 nitrogen and oxygen atoms in total. The Morgan fingerprint density at radius 2 is 2.09 bits per heavy atom. The van der Waals surface area contributed by atoms with Gasteiger partial charge in [0.15, 0.2) is 12.4 Å². The molecule has 2 atom stereocenters. The lowest BCUT2D eigenvalue weighted by molar-refractivity contribution is -0.697. The number of imide groups is 1. The number of fused-ring (bicyclic) bond motifs is 1. The van der Waals surface area contributed by atoms with Crippen LogP contribution >= 0.6 is 11.6 Å². The molecule has 1 saturated heterocycles. The van der Waals surface area contributed by atoms with Crippen LogP contribution in [0.1, 0.15) is 24.8 Å². The van der Waals surface area contributed by atoms with E-state index in [2.05, 4.69) is 10.8 Å². The number of halogens is 1. The molecule has 1 aromatic heterocycles. The van der Waals surface area contributed by atoms with Gasteiger partial charge in [-0.05, 0) is 25.8 Å². The van der Waals surface area contributed by atoms with E-state index in [4.69, 9.17) is 11.6 Å². The quantitative estimate of drug-likeness (QED) is 0.630. The number of carbonyl (C=O) groups excluding carboxylic acids is 2. The molecule has 1 aromatic rings. The standard InChI is InChI=1S/C17H20ClN2O2/c1-12-4-2-7-19(11-12)8-3-9-20-16(21)14-6-5-13(18)10-15(14)17(20)22/h2,4-5,7,11,14-15H,3,6,8-10H2,1H3/q+1/t14-,15-/m0/s1. The van der Waals surface area contributed by atoms with Crippen molar-refractivity contribution in [2.24, 2.45) is 11.8 Å². The summed E-state index contributed by atoms with van der Waals surface area (Å²) in [5.41, 5.74) is 1.20. The third-order valence-corrected chi connectivity index (χ3v) is 4.77. The number of aromatic nitrogens is 1. The van der Waals surface area contributed by atoms with Crippen LogP contribution in [0.5, 0.6) is 0 Å². The van der Waals surface area contributed by atoms with Crippen molar-refractivity contribution in [1.29, 1.82) is 0 Å². The maximum Gasteiger partial charge on any atom is 0.233 e. The molecular weight excluding hydrogens is 300 g/mol. The van der Waals surface area contributed by atoms with Crippen LogP contribution in [0.3, 0.4) is 0 Å². The van der Waals surface area contributed by atoms with Crippen molar-refractivity contribution in [3.05, 3.63) is 41.2 Å². The molecule has 0 bridgehead atoms. The highest BCUT2D eigenvalue weighted by atomic mass is 35.5. The Morgan fingerprint density at radius 3 is 2.86 bits per heavy atom. The molecule has 22 heavy (non-hydrogen) atoms. The Hall–Kier alpha value is -1.68. The highest BCUT2D eigenvalue weighted by molar-refractivity contribution is 6.30. The number of likely N-dealkylation sites (tertiary alicyclic amines) is 1. The lowest BCUT2D eigenvalue weighted by Gasteiger charge is -2.17. The summed E-state index contributed by atoms with van der Waals surface area (Å²) in [5.74, 6) is -0.501. The van der Waals surface area contributed by atoms with Crippen molar-refractivity contribution in [2.75, 3.05) is 6.54 Å². The third kappa shape index (κ3) is 2.93. The van der Waals surface area contributed by atoms with E-state index >= 15 is 0 Å². The highest BCUT2D eigenvalue weighted by Crippen LogP contribution is 2.38. The predicted molar refractivity (Wildman–Crippen MR) is 82.9 cm³/mol. The van der Waals surface area contributed by atoms with Crippen LogP contribution < -0.4 is 4.57 Å². The lowest BCUT2D eigenvalue weighted by atomic mass is 9.85. The summed E-state index contributed by atoms with van der Waals surface area (Å²) < 4.78 is 2.09. The van der Waals surface area contributed by atoms with Crippen LogP contribution in [0.4, 0.5) is 0 Å². The van der Waals surface area contributed by atoms with Gasteiger partial charge in [0.25, 0.3) is 0 Å². The molecule has 3 rings (SSSR count). The van der Waals surface area contributed by atoms with E-state index in [1.54, 1.807) is 0 Å². The molecule has 2 amide bonds. The largest absolute Gasteiger partial charge is 0.282 e. The molecule has 0 aromatic carbocycles. The zero-order valence-corrected chi connectivity index (χ0v) is 13.4. The summed E-state index contributed by atoms with van der Waals surface area (Å²) in [6, 6.07) is 4.05. The van der Waals surface area contributed by atoms with Gasteiger partial charge in [0.2, 0.25) is 11.8 Å². The number of carbonyl (C=O) groups is 2. The Balaban J connectivity index is 1.59. The average Bonchev–Trinajstić information content (AvgIpc) is 2.72. The van der Waals surface area contributed by atoms with Gasteiger partial charge in [-0.2, -0.15) is 0 Å². The smallest absolute Gasteiger partial charge is 0.233 e. The van der Waals surface area contributed by atoms with Gasteiger partial charge in [0.05, 0.1) is 11.8 Å². The Bertz CT molecular complexity index is 641. The van der Waals surface area contributed by atoms with E-state index in [0.717, 1.165) is 13.0 Å². The Kier molecular flexibility index (Phi) is 4.30. The number of aryl methyl sites for hydroxylation is 2. The minimum Gasteiger partial charge on any atom is -0.282 e. The van der Waals surface area contributed by atoms with Gasteiger partial charge in [-0.15, -0.1) is 0 Å². The Morgan fingerprint density at radius 1 is 1.32 bits per heavy atom. The van der Waals surface area contributed by atoms with Gasteiger partial charge in [-0.1, -0.05) is 17.7 Å². The van der Waals surface area contributed by atoms with Crippen LogP contribution in [0.15, 0.2) is 35.6 Å². The van der Waals surface area contributed by atoms with Gasteiger partial charge in [0.1, 0.15) is 6.54 Å². The third-order valence-electron chi connectivity index (χ3n) is 4.46. The minimum absolute atomic E-state index is 0.0235. The highest BCUT2D eigenvalue weighted by Gasteiger charge is 2.47. The van der Waals surface area contributed by atoms with Gasteiger partial charge >= 0.3 is 0 Å². The van der Waals surface area contributed by atoms with Crippen molar-refractivity contribution >= 4 is 23.4 Å². The van der Waals surface area contributed by atoms with Crippen LogP contribution in [-0.2, 0) is 16.1 Å². The minimum atomic E-state index is -0.239. The molecule has 0 spiro atoms. The Labute approximate surface area is 135 Å². The number of allylic oxidation sites excluding steroid dienone is 2. The number of pyridine rings is 1. The summed E-state index contributed by atoms with van der Waals surface area (Å²) in [7, 11) is 0. The maximum absolute atomic E-state index is 12.4. The summed E-state index contributed by atoms with van der Waals surface area (Å²) in [4.78, 5) is 26.2. The van der Waals surface area contributed by atoms with Crippen LogP contribution in [0, 0.1) is 18.8 Å². The van der Waals surface area contributed by atoms with E-state index in [1.165, 1.54) is 10.5 Å². The molecular formula is C17H20ClN2O2+. The second-order valence-corrected chi connectivity index (χ2v) is 6.59. The van der Waals surface area contributed by atoms with E-state index in [0.29, 0.717) is 24.4 Å². The van der Waals surface area contributed by atoms with Crippen molar-refractivity contribution in [1.82, 2.24) is 4.90 Å². The average molecular weight is 320 g/mol. The molecule has 1 aliphatic heterocycles. The van der Waals surface area contributed by atoms with E-state index < -0.39 is 0 Å². The first-order valence-electron chi connectivity index (χ1n) is 7.71. The van der Waals surface area contributed by atoms with Gasteiger partial charge in [-0.25, -0.2) is 4.57 Å². The zero-order valence-electron chi connectivity index (χ0n) is 12.7. The second kappa shape index (κ2) is 6.21. The lowest BCUT2D eigenvalue weighted by Crippen LogP contribution is -2.37. The summed E-state index contributed by atoms with van der Waals surface area (Å²) >= 11 is 6.02. The molecule has 2 aliphatic rings. The first-order chi connectivity index (χ1) is 10.6. The van der Waals surface area contributed by atoms with Gasteiger partial charge in [-0.3, -0.25) is 14.5 Å². The first-order valence-corrected chi connectivity index (χ1v) is 8.09. The molecule has 0 saturated carbocycles. The molecule has 116 valence electrons. The van der Waals surface area contributed by atoms with Crippen LogP contribution in [0.2, 0.25) is 0 Å². The number of nitrogens with zero attached hydrogens (tertiary/aromatic N) is 2. The van der Waals surface area contributed by atoms with Crippen LogP contribution in [-0.4, -0.2) is 23.3 Å². The van der Waals surface area contributed by atoms with Crippen LogP contribution in [0.25, 0.3) is 0 Å². The summed E-state index contributed by atoms with van der Waals surface area (Å²) in [6.07, 6.45) is 7.82. The second-order valence-electron chi connectivity index (χ2n) is 6.10. The molecule has 0 unspecified atom stereocenters. The number of hydrogen-bond acceptors (Lipinski definition) is 2. The maximum atomic E-state index is 12.4. The summed E-state index contributed by atoms with van der Waals surface area (Å²) in [5, 5.41) is 0.708. The molecule has 1 aliphatic carbocycles. The van der Waals surface area contributed by atoms with Crippen molar-refractivity contribution in [2.45, 2.75) is 32.7 Å². The fraction of sp³-hybridized carbons (Fsp3) is 0.471. The fourth-order valence-corrected chi connectivity index (χ4v) is 3.58. The number of rotatable bonds is 4. The topological polar surface area (TPSA) is 41.3 Å². The van der Waals surface area contributed by atoms with E-state index in [-0.39, 0.29) is 23.7 Å². The van der Waals surface area contributed by atoms with Gasteiger partial charge < -0.3 is 0 Å². The molecule has 5 heteroatoms. The predicted octanol–water partition coefficient (Wildman–Crippen LogP) is 2.19. The SMILES string of the molecule is Cc1ccc[n+](CCCN2C(=O)[C@H]3CC=C(Cl)C[C@@H]3C2=O)c1. The van der Waals surface area contributed by atoms with E-state index in [9.17, 15) is 9.59 Å². The van der Waals surface area contributed by atoms with Gasteiger partial charge in [0, 0.05) is 29.6 Å². The monoisotopic (exact) mass is 319 g/mol. The molecule has 0 radical (unpaired) electrons. The number of amides is 2. The first kappa shape index (κ1) is 15.2. The molecule has 2 heterocycles. The van der Waals surface area contributed by atoms with Crippen molar-refractivity contribution in [3.8, 4) is 0 Å². The van der Waals surface area contributed by atoms with Crippen molar-refractivity contribution in [3.63, 3.8) is 0 Å².